The molecule has 0 aliphatic heterocycles. The van der Waals surface area contributed by atoms with Crippen molar-refractivity contribution in [3.63, 3.8) is 0 Å². The summed E-state index contributed by atoms with van der Waals surface area (Å²) >= 11 is 0. The molecule has 0 saturated heterocycles. The predicted octanol–water partition coefficient (Wildman–Crippen LogP) is 1.97. The van der Waals surface area contributed by atoms with E-state index in [1.165, 1.54) is 5.69 Å². The number of amides is 2. The molecule has 6 heteroatoms. The van der Waals surface area contributed by atoms with Crippen molar-refractivity contribution < 1.29 is 9.32 Å². The molecule has 0 aliphatic rings. The number of carbonyl (C=O) groups is 1. The van der Waals surface area contributed by atoms with Crippen LogP contribution in [0.3, 0.4) is 0 Å². The Balaban J connectivity index is 1.86. The molecule has 108 valence electrons. The number of aryl methyl sites for hydroxylation is 2. The fourth-order valence-corrected chi connectivity index (χ4v) is 1.95. The third-order valence-corrected chi connectivity index (χ3v) is 3.32. The zero-order valence-corrected chi connectivity index (χ0v) is 12.3. The maximum Gasteiger partial charge on any atom is 0.317 e. The fraction of sp³-hybridized carbons (Fsp3) is 0.429. The molecular formula is C14H20N4O2. The standard InChI is InChI=1S/C14H20N4O2/c1-10-5-6-13(18(10)4)8-15-14(19)17(3)9-12-7-11(2)20-16-12/h5-7H,8-9H2,1-4H3,(H,15,19). The number of carbonyl (C=O) groups excluding carboxylic acids is 1. The molecule has 2 aromatic heterocycles. The van der Waals surface area contributed by atoms with E-state index in [1.807, 2.05) is 39.1 Å². The average Bonchev–Trinajstić information content (AvgIpc) is 2.95. The number of nitrogens with one attached hydrogen (secondary N) is 1. The van der Waals surface area contributed by atoms with Gasteiger partial charge < -0.3 is 19.3 Å². The molecule has 2 heterocycles. The van der Waals surface area contributed by atoms with Crippen molar-refractivity contribution in [2.45, 2.75) is 26.9 Å². The molecule has 0 unspecified atom stereocenters. The van der Waals surface area contributed by atoms with Gasteiger partial charge in [-0.2, -0.15) is 0 Å². The van der Waals surface area contributed by atoms with Crippen LogP contribution in [0.25, 0.3) is 0 Å². The van der Waals surface area contributed by atoms with E-state index >= 15 is 0 Å². The van der Waals surface area contributed by atoms with Gasteiger partial charge in [0.25, 0.3) is 0 Å². The quantitative estimate of drug-likeness (QED) is 0.928. The van der Waals surface area contributed by atoms with Crippen LogP contribution in [0.2, 0.25) is 0 Å². The van der Waals surface area contributed by atoms with Crippen LogP contribution in [0.4, 0.5) is 4.79 Å². The van der Waals surface area contributed by atoms with Crippen LogP contribution in [0.15, 0.2) is 22.7 Å². The van der Waals surface area contributed by atoms with Gasteiger partial charge in [0.15, 0.2) is 0 Å². The average molecular weight is 276 g/mol. The lowest BCUT2D eigenvalue weighted by atomic mass is 10.3. The number of hydrogen-bond acceptors (Lipinski definition) is 3. The van der Waals surface area contributed by atoms with E-state index in [9.17, 15) is 4.79 Å². The van der Waals surface area contributed by atoms with Crippen LogP contribution in [0.5, 0.6) is 0 Å². The molecule has 0 aliphatic carbocycles. The molecule has 2 aromatic rings. The van der Waals surface area contributed by atoms with E-state index < -0.39 is 0 Å². The van der Waals surface area contributed by atoms with Gasteiger partial charge in [0, 0.05) is 31.5 Å². The van der Waals surface area contributed by atoms with Gasteiger partial charge in [-0.15, -0.1) is 0 Å². The molecule has 0 aromatic carbocycles. The molecule has 6 nitrogen and oxygen atoms in total. The SMILES string of the molecule is Cc1cc(CN(C)C(=O)NCc2ccc(C)n2C)no1. The Morgan fingerprint density at radius 3 is 2.75 bits per heavy atom. The lowest BCUT2D eigenvalue weighted by molar-refractivity contribution is 0.205. The number of aromatic nitrogens is 2. The summed E-state index contributed by atoms with van der Waals surface area (Å²) in [5.74, 6) is 0.744. The van der Waals surface area contributed by atoms with Crippen LogP contribution < -0.4 is 5.32 Å². The normalized spacial score (nSPS) is 10.6. The molecule has 0 saturated carbocycles. The van der Waals surface area contributed by atoms with Gasteiger partial charge in [0.1, 0.15) is 11.5 Å². The van der Waals surface area contributed by atoms with Gasteiger partial charge in [-0.05, 0) is 26.0 Å². The van der Waals surface area contributed by atoms with Crippen molar-refractivity contribution in [3.05, 3.63) is 41.0 Å². The Hall–Kier alpha value is -2.24. The second-order valence-corrected chi connectivity index (χ2v) is 4.97. The number of nitrogens with zero attached hydrogens (tertiary/aromatic N) is 3. The van der Waals surface area contributed by atoms with E-state index in [-0.39, 0.29) is 6.03 Å². The van der Waals surface area contributed by atoms with Gasteiger partial charge in [0.2, 0.25) is 0 Å². The second-order valence-electron chi connectivity index (χ2n) is 4.97. The summed E-state index contributed by atoms with van der Waals surface area (Å²) in [6.45, 7) is 4.79. The Kier molecular flexibility index (Phi) is 4.12. The van der Waals surface area contributed by atoms with E-state index in [0.29, 0.717) is 13.1 Å². The molecular weight excluding hydrogens is 256 g/mol. The van der Waals surface area contributed by atoms with Crippen LogP contribution in [-0.4, -0.2) is 27.7 Å². The summed E-state index contributed by atoms with van der Waals surface area (Å²) in [6, 6.07) is 5.73. The van der Waals surface area contributed by atoms with E-state index in [2.05, 4.69) is 15.0 Å². The van der Waals surface area contributed by atoms with E-state index in [1.54, 1.807) is 11.9 Å². The first kappa shape index (κ1) is 14.2. The molecule has 0 spiro atoms. The summed E-state index contributed by atoms with van der Waals surface area (Å²) in [7, 11) is 3.72. The molecule has 20 heavy (non-hydrogen) atoms. The third kappa shape index (κ3) is 3.20. The Morgan fingerprint density at radius 2 is 2.20 bits per heavy atom. The summed E-state index contributed by atoms with van der Waals surface area (Å²) in [4.78, 5) is 13.6. The highest BCUT2D eigenvalue weighted by Crippen LogP contribution is 2.07. The maximum absolute atomic E-state index is 12.0. The first-order chi connectivity index (χ1) is 9.47. The first-order valence-electron chi connectivity index (χ1n) is 6.49. The molecule has 0 bridgehead atoms. The Morgan fingerprint density at radius 1 is 1.45 bits per heavy atom. The zero-order valence-electron chi connectivity index (χ0n) is 12.3. The van der Waals surface area contributed by atoms with Crippen LogP contribution in [-0.2, 0) is 20.1 Å². The van der Waals surface area contributed by atoms with Crippen molar-refractivity contribution in [3.8, 4) is 0 Å². The van der Waals surface area contributed by atoms with Crippen LogP contribution in [0, 0.1) is 13.8 Å². The number of urea groups is 1. The minimum absolute atomic E-state index is 0.135. The smallest absolute Gasteiger partial charge is 0.317 e. The molecule has 1 N–H and O–H groups in total. The fourth-order valence-electron chi connectivity index (χ4n) is 1.95. The van der Waals surface area contributed by atoms with E-state index in [4.69, 9.17) is 4.52 Å². The number of rotatable bonds is 4. The minimum Gasteiger partial charge on any atom is -0.361 e. The van der Waals surface area contributed by atoms with E-state index in [0.717, 1.165) is 17.1 Å². The second kappa shape index (κ2) is 5.81. The highest BCUT2D eigenvalue weighted by atomic mass is 16.5. The van der Waals surface area contributed by atoms with Gasteiger partial charge in [-0.25, -0.2) is 4.79 Å². The Labute approximate surface area is 118 Å². The highest BCUT2D eigenvalue weighted by molar-refractivity contribution is 5.73. The summed E-state index contributed by atoms with van der Waals surface area (Å²) < 4.78 is 7.04. The lowest BCUT2D eigenvalue weighted by Gasteiger charge is -2.16. The number of hydrogen-bond donors (Lipinski definition) is 1. The van der Waals surface area contributed by atoms with Crippen molar-refractivity contribution in [2.75, 3.05) is 7.05 Å². The molecule has 0 fully saturated rings. The topological polar surface area (TPSA) is 63.3 Å². The van der Waals surface area contributed by atoms with Crippen molar-refractivity contribution in [1.82, 2.24) is 19.9 Å². The Bertz CT molecular complexity index is 600. The lowest BCUT2D eigenvalue weighted by Crippen LogP contribution is -2.36. The molecule has 0 atom stereocenters. The highest BCUT2D eigenvalue weighted by Gasteiger charge is 2.12. The minimum atomic E-state index is -0.135. The van der Waals surface area contributed by atoms with Crippen LogP contribution >= 0.6 is 0 Å². The van der Waals surface area contributed by atoms with Gasteiger partial charge in [0.05, 0.1) is 13.1 Å². The molecule has 2 amide bonds. The van der Waals surface area contributed by atoms with Crippen LogP contribution in [0.1, 0.15) is 22.8 Å². The summed E-state index contributed by atoms with van der Waals surface area (Å²) in [6.07, 6.45) is 0. The molecule has 0 radical (unpaired) electrons. The summed E-state index contributed by atoms with van der Waals surface area (Å²) in [5.41, 5.74) is 2.98. The van der Waals surface area contributed by atoms with Gasteiger partial charge in [-0.3, -0.25) is 0 Å². The monoisotopic (exact) mass is 276 g/mol. The largest absolute Gasteiger partial charge is 0.361 e. The van der Waals surface area contributed by atoms with Crippen molar-refractivity contribution >= 4 is 6.03 Å². The zero-order chi connectivity index (χ0) is 14.7. The first-order valence-corrected chi connectivity index (χ1v) is 6.49. The third-order valence-electron chi connectivity index (χ3n) is 3.32. The maximum atomic E-state index is 12.0. The van der Waals surface area contributed by atoms with Crippen molar-refractivity contribution in [2.24, 2.45) is 7.05 Å². The predicted molar refractivity (Wildman–Crippen MR) is 75.1 cm³/mol. The molecule has 2 rings (SSSR count). The summed E-state index contributed by atoms with van der Waals surface area (Å²) in [5, 5.41) is 6.76. The van der Waals surface area contributed by atoms with Crippen molar-refractivity contribution in [1.29, 1.82) is 0 Å². The van der Waals surface area contributed by atoms with Gasteiger partial charge in [-0.1, -0.05) is 5.16 Å². The van der Waals surface area contributed by atoms with Gasteiger partial charge >= 0.3 is 6.03 Å².